The standard InChI is InChI=1S/C8H13N.H2/c1-4-6-8(5-2)7(3)9;/h4-7H,1-2,9H2,3H3;1H/b8-6+;/t7-;/m1./s1. The number of hydrogen-bond acceptors (Lipinski definition) is 1. The lowest BCUT2D eigenvalue weighted by Gasteiger charge is -2.02. The SMILES string of the molecule is C=C/C=C(\C=C)[C@@H](C)N.[HH]. The Morgan fingerprint density at radius 1 is 1.67 bits per heavy atom. The van der Waals surface area contributed by atoms with E-state index in [1.165, 1.54) is 0 Å². The molecule has 9 heavy (non-hydrogen) atoms. The monoisotopic (exact) mass is 125 g/mol. The topological polar surface area (TPSA) is 26.0 Å². The van der Waals surface area contributed by atoms with Crippen molar-refractivity contribution in [2.45, 2.75) is 13.0 Å². The van der Waals surface area contributed by atoms with Gasteiger partial charge in [0.25, 0.3) is 0 Å². The van der Waals surface area contributed by atoms with Crippen LogP contribution in [0.4, 0.5) is 0 Å². The van der Waals surface area contributed by atoms with Gasteiger partial charge in [0.15, 0.2) is 0 Å². The van der Waals surface area contributed by atoms with Crippen LogP contribution in [0.2, 0.25) is 0 Å². The molecule has 1 heteroatoms. The maximum absolute atomic E-state index is 5.55. The van der Waals surface area contributed by atoms with Crippen molar-refractivity contribution in [3.63, 3.8) is 0 Å². The molecule has 2 N–H and O–H groups in total. The minimum absolute atomic E-state index is 0. The molecule has 52 valence electrons. The third kappa shape index (κ3) is 2.88. The summed E-state index contributed by atoms with van der Waals surface area (Å²) in [7, 11) is 0. The number of nitrogens with two attached hydrogens (primary N) is 1. The predicted octanol–water partition coefficient (Wildman–Crippen LogP) is 1.88. The van der Waals surface area contributed by atoms with Gasteiger partial charge in [-0.1, -0.05) is 31.4 Å². The second-order valence-electron chi connectivity index (χ2n) is 1.90. The highest BCUT2D eigenvalue weighted by atomic mass is 14.6. The Balaban J connectivity index is 0. The highest BCUT2D eigenvalue weighted by Crippen LogP contribution is 1.99. The van der Waals surface area contributed by atoms with E-state index in [0.717, 1.165) is 5.57 Å². The van der Waals surface area contributed by atoms with Crippen LogP contribution in [0.3, 0.4) is 0 Å². The van der Waals surface area contributed by atoms with Crippen molar-refractivity contribution in [2.24, 2.45) is 5.73 Å². The first kappa shape index (κ1) is 8.18. The van der Waals surface area contributed by atoms with Gasteiger partial charge in [0.1, 0.15) is 0 Å². The molecule has 0 fully saturated rings. The number of rotatable bonds is 3. The van der Waals surface area contributed by atoms with E-state index in [1.54, 1.807) is 12.2 Å². The van der Waals surface area contributed by atoms with E-state index in [-0.39, 0.29) is 7.47 Å². The van der Waals surface area contributed by atoms with Crippen LogP contribution in [0.1, 0.15) is 8.35 Å². The molecule has 0 aliphatic heterocycles. The lowest BCUT2D eigenvalue weighted by Crippen LogP contribution is -2.16. The van der Waals surface area contributed by atoms with Gasteiger partial charge in [0, 0.05) is 7.47 Å². The fourth-order valence-corrected chi connectivity index (χ4v) is 0.542. The van der Waals surface area contributed by atoms with Crippen LogP contribution in [0.25, 0.3) is 0 Å². The molecule has 0 amide bonds. The first-order chi connectivity index (χ1) is 4.22. The highest BCUT2D eigenvalue weighted by molar-refractivity contribution is 5.25. The quantitative estimate of drug-likeness (QED) is 0.572. The van der Waals surface area contributed by atoms with Gasteiger partial charge in [-0.05, 0) is 12.5 Å². The van der Waals surface area contributed by atoms with Crippen LogP contribution in [-0.2, 0) is 0 Å². The molecule has 0 unspecified atom stereocenters. The molecular weight excluding hydrogens is 110 g/mol. The van der Waals surface area contributed by atoms with Crippen molar-refractivity contribution in [3.05, 3.63) is 37.0 Å². The molecule has 0 rings (SSSR count). The average molecular weight is 125 g/mol. The first-order valence-electron chi connectivity index (χ1n) is 2.93. The number of hydrogen-bond donors (Lipinski definition) is 1. The second kappa shape index (κ2) is 4.10. The average Bonchev–Trinajstić information content (AvgIpc) is 1.82. The third-order valence-corrected chi connectivity index (χ3v) is 1.07. The van der Waals surface area contributed by atoms with E-state index < -0.39 is 0 Å². The van der Waals surface area contributed by atoms with Gasteiger partial charge in [0.05, 0.1) is 0 Å². The van der Waals surface area contributed by atoms with Gasteiger partial charge < -0.3 is 5.73 Å². The summed E-state index contributed by atoms with van der Waals surface area (Å²) < 4.78 is 0. The minimum atomic E-state index is 0. The van der Waals surface area contributed by atoms with Crippen molar-refractivity contribution < 1.29 is 1.43 Å². The highest BCUT2D eigenvalue weighted by Gasteiger charge is 1.94. The van der Waals surface area contributed by atoms with E-state index in [9.17, 15) is 0 Å². The molecule has 0 bridgehead atoms. The Hall–Kier alpha value is -0.820. The molecule has 0 saturated heterocycles. The smallest absolute Gasteiger partial charge is 0.0265 e. The summed E-state index contributed by atoms with van der Waals surface area (Å²) in [6, 6.07) is 0.0560. The molecule has 1 nitrogen and oxygen atoms in total. The van der Waals surface area contributed by atoms with Crippen molar-refractivity contribution in [1.82, 2.24) is 0 Å². The summed E-state index contributed by atoms with van der Waals surface area (Å²) in [5.74, 6) is 0. The zero-order valence-corrected chi connectivity index (χ0v) is 5.80. The van der Waals surface area contributed by atoms with Crippen LogP contribution in [-0.4, -0.2) is 6.04 Å². The van der Waals surface area contributed by atoms with E-state index >= 15 is 0 Å². The lowest BCUT2D eigenvalue weighted by molar-refractivity contribution is 0.886. The molecule has 0 heterocycles. The van der Waals surface area contributed by atoms with Crippen LogP contribution in [0, 0.1) is 0 Å². The van der Waals surface area contributed by atoms with Gasteiger partial charge >= 0.3 is 0 Å². The van der Waals surface area contributed by atoms with Gasteiger partial charge in [0.2, 0.25) is 0 Å². The normalized spacial score (nSPS) is 14.7. The zero-order chi connectivity index (χ0) is 7.28. The fraction of sp³-hybridized carbons (Fsp3) is 0.250. The van der Waals surface area contributed by atoms with E-state index in [2.05, 4.69) is 13.2 Å². The molecule has 0 saturated carbocycles. The molecule has 0 radical (unpaired) electrons. The Bertz CT molecular complexity index is 136. The van der Waals surface area contributed by atoms with Crippen LogP contribution >= 0.6 is 0 Å². The van der Waals surface area contributed by atoms with Gasteiger partial charge in [-0.25, -0.2) is 0 Å². The fourth-order valence-electron chi connectivity index (χ4n) is 0.542. The molecule has 0 aliphatic carbocycles. The molecule has 0 aromatic carbocycles. The second-order valence-corrected chi connectivity index (χ2v) is 1.90. The van der Waals surface area contributed by atoms with Crippen molar-refractivity contribution in [3.8, 4) is 0 Å². The Labute approximate surface area is 58.0 Å². The summed E-state index contributed by atoms with van der Waals surface area (Å²) in [5, 5.41) is 0. The van der Waals surface area contributed by atoms with Gasteiger partial charge in [-0.15, -0.1) is 0 Å². The lowest BCUT2D eigenvalue weighted by atomic mass is 10.1. The van der Waals surface area contributed by atoms with Crippen molar-refractivity contribution in [2.75, 3.05) is 0 Å². The first-order valence-corrected chi connectivity index (χ1v) is 2.93. The largest absolute Gasteiger partial charge is 0.324 e. The molecule has 0 aromatic rings. The summed E-state index contributed by atoms with van der Waals surface area (Å²) >= 11 is 0. The Morgan fingerprint density at radius 3 is 2.33 bits per heavy atom. The van der Waals surface area contributed by atoms with Crippen molar-refractivity contribution in [1.29, 1.82) is 0 Å². The summed E-state index contributed by atoms with van der Waals surface area (Å²) in [5.41, 5.74) is 6.56. The van der Waals surface area contributed by atoms with Gasteiger partial charge in [-0.3, -0.25) is 0 Å². The molecule has 0 aliphatic rings. The van der Waals surface area contributed by atoms with E-state index in [0.29, 0.717) is 0 Å². The van der Waals surface area contributed by atoms with E-state index in [4.69, 9.17) is 5.73 Å². The molecule has 0 spiro atoms. The van der Waals surface area contributed by atoms with E-state index in [1.807, 2.05) is 13.0 Å². The summed E-state index contributed by atoms with van der Waals surface area (Å²) in [6.07, 6.45) is 5.31. The maximum Gasteiger partial charge on any atom is 0.0265 e. The zero-order valence-electron chi connectivity index (χ0n) is 5.80. The molecule has 0 aromatic heterocycles. The Kier molecular flexibility index (Phi) is 3.72. The predicted molar refractivity (Wildman–Crippen MR) is 44.2 cm³/mol. The van der Waals surface area contributed by atoms with Crippen molar-refractivity contribution >= 4 is 0 Å². The maximum atomic E-state index is 5.55. The van der Waals surface area contributed by atoms with Crippen LogP contribution < -0.4 is 5.73 Å². The summed E-state index contributed by atoms with van der Waals surface area (Å²) in [6.45, 7) is 9.07. The van der Waals surface area contributed by atoms with Gasteiger partial charge in [-0.2, -0.15) is 0 Å². The van der Waals surface area contributed by atoms with Crippen LogP contribution in [0.5, 0.6) is 0 Å². The molecular formula is C8H15N. The summed E-state index contributed by atoms with van der Waals surface area (Å²) in [4.78, 5) is 0. The Morgan fingerprint density at radius 2 is 2.22 bits per heavy atom. The third-order valence-electron chi connectivity index (χ3n) is 1.07. The molecule has 1 atom stereocenters. The number of allylic oxidation sites excluding steroid dienone is 2. The van der Waals surface area contributed by atoms with Crippen LogP contribution in [0.15, 0.2) is 37.0 Å². The minimum Gasteiger partial charge on any atom is -0.324 e.